The number of hydrogen-bond donors (Lipinski definition) is 3. The Labute approximate surface area is 215 Å². The van der Waals surface area contributed by atoms with Gasteiger partial charge in [-0.3, -0.25) is 15.0 Å². The van der Waals surface area contributed by atoms with Gasteiger partial charge in [-0.1, -0.05) is 48.5 Å². The molecule has 3 aromatic rings. The minimum absolute atomic E-state index is 0.0152. The van der Waals surface area contributed by atoms with E-state index in [1.54, 1.807) is 29.2 Å². The summed E-state index contributed by atoms with van der Waals surface area (Å²) in [5, 5.41) is 22.4. The molecule has 11 heteroatoms. The molecular weight excluding hydrogens is 498 g/mol. The number of amides is 3. The molecule has 0 radical (unpaired) electrons. The van der Waals surface area contributed by atoms with E-state index in [1.807, 2.05) is 30.3 Å². The molecule has 3 amide bonds. The third-order valence-corrected chi connectivity index (χ3v) is 7.63. The molecule has 2 aromatic carbocycles. The highest BCUT2D eigenvalue weighted by Crippen LogP contribution is 2.39. The van der Waals surface area contributed by atoms with Crippen LogP contribution in [0.1, 0.15) is 42.3 Å². The van der Waals surface area contributed by atoms with Gasteiger partial charge in [-0.2, -0.15) is 0 Å². The quantitative estimate of drug-likeness (QED) is 0.441. The maximum Gasteiger partial charge on any atom is 0.412 e. The van der Waals surface area contributed by atoms with E-state index in [-0.39, 0.29) is 42.6 Å². The van der Waals surface area contributed by atoms with Crippen molar-refractivity contribution in [2.24, 2.45) is 0 Å². The van der Waals surface area contributed by atoms with Crippen molar-refractivity contribution in [3.05, 3.63) is 87.3 Å². The van der Waals surface area contributed by atoms with Crippen molar-refractivity contribution < 1.29 is 34.1 Å². The molecule has 10 nitrogen and oxygen atoms in total. The molecule has 0 aliphatic carbocycles. The van der Waals surface area contributed by atoms with Gasteiger partial charge >= 0.3 is 18.2 Å². The van der Waals surface area contributed by atoms with Gasteiger partial charge in [0.25, 0.3) is 5.91 Å². The van der Waals surface area contributed by atoms with Gasteiger partial charge < -0.3 is 19.8 Å². The van der Waals surface area contributed by atoms with Crippen molar-refractivity contribution in [2.45, 2.75) is 32.2 Å². The van der Waals surface area contributed by atoms with Crippen LogP contribution in [0.2, 0.25) is 0 Å². The predicted octanol–water partition coefficient (Wildman–Crippen LogP) is 4.26. The summed E-state index contributed by atoms with van der Waals surface area (Å²) in [6, 6.07) is 15.6. The Morgan fingerprint density at radius 1 is 1.03 bits per heavy atom. The molecule has 3 heterocycles. The summed E-state index contributed by atoms with van der Waals surface area (Å²) in [5.74, 6) is -1.41. The summed E-state index contributed by atoms with van der Waals surface area (Å²) in [6.45, 7) is 0.453. The molecule has 0 spiro atoms. The number of anilines is 1. The SMILES string of the molecule is O=C(Nc1sc2c(c1C(=O)O)CC(CN1Cc3ccccc3C1=O)N(C(=O)O)C2)OCc1ccccc1. The zero-order chi connectivity index (χ0) is 26.1. The second kappa shape index (κ2) is 9.94. The largest absolute Gasteiger partial charge is 0.478 e. The summed E-state index contributed by atoms with van der Waals surface area (Å²) in [5.41, 5.74) is 2.61. The van der Waals surface area contributed by atoms with Gasteiger partial charge in [0, 0.05) is 23.5 Å². The number of thiophene rings is 1. The number of rotatable bonds is 6. The topological polar surface area (TPSA) is 136 Å². The van der Waals surface area contributed by atoms with E-state index in [9.17, 15) is 29.4 Å². The maximum atomic E-state index is 12.9. The van der Waals surface area contributed by atoms with E-state index in [0.717, 1.165) is 22.5 Å². The van der Waals surface area contributed by atoms with Gasteiger partial charge in [0.15, 0.2) is 0 Å². The summed E-state index contributed by atoms with van der Waals surface area (Å²) in [4.78, 5) is 52.9. The van der Waals surface area contributed by atoms with E-state index in [1.165, 1.54) is 4.90 Å². The number of hydrogen-bond acceptors (Lipinski definition) is 6. The second-order valence-corrected chi connectivity index (χ2v) is 9.92. The molecule has 3 N–H and O–H groups in total. The fourth-order valence-electron chi connectivity index (χ4n) is 4.76. The number of aromatic carboxylic acids is 1. The van der Waals surface area contributed by atoms with Crippen LogP contribution in [0.3, 0.4) is 0 Å². The number of benzene rings is 2. The molecule has 1 unspecified atom stereocenters. The minimum Gasteiger partial charge on any atom is -0.478 e. The van der Waals surface area contributed by atoms with Crippen LogP contribution in [0.15, 0.2) is 54.6 Å². The fraction of sp³-hybridized carbons (Fsp3) is 0.231. The molecule has 190 valence electrons. The zero-order valence-electron chi connectivity index (χ0n) is 19.5. The van der Waals surface area contributed by atoms with E-state index in [0.29, 0.717) is 22.5 Å². The number of carboxylic acids is 1. The summed E-state index contributed by atoms with van der Waals surface area (Å²) >= 11 is 1.02. The van der Waals surface area contributed by atoms with Crippen LogP contribution >= 0.6 is 11.3 Å². The molecule has 1 atom stereocenters. The molecular formula is C26H23N3O7S. The number of carboxylic acid groups (broad SMARTS) is 2. The molecule has 0 saturated carbocycles. The van der Waals surface area contributed by atoms with Crippen LogP contribution < -0.4 is 5.32 Å². The molecule has 0 fully saturated rings. The third kappa shape index (κ3) is 4.85. The first-order chi connectivity index (χ1) is 17.8. The molecule has 1 aromatic heterocycles. The third-order valence-electron chi connectivity index (χ3n) is 6.50. The van der Waals surface area contributed by atoms with Crippen molar-refractivity contribution in [3.8, 4) is 0 Å². The van der Waals surface area contributed by atoms with E-state index in [2.05, 4.69) is 5.32 Å². The highest BCUT2D eigenvalue weighted by molar-refractivity contribution is 7.17. The Balaban J connectivity index is 1.35. The second-order valence-electron chi connectivity index (χ2n) is 8.81. The van der Waals surface area contributed by atoms with Crippen molar-refractivity contribution in [3.63, 3.8) is 0 Å². The number of carbonyl (C=O) groups is 4. The Hall–Kier alpha value is -4.38. The predicted molar refractivity (Wildman–Crippen MR) is 134 cm³/mol. The number of carbonyl (C=O) groups excluding carboxylic acids is 2. The molecule has 37 heavy (non-hydrogen) atoms. The fourth-order valence-corrected chi connectivity index (χ4v) is 5.96. The standard InChI is InChI=1S/C26H23N3O7S/c30-23-18-9-5-4-8-16(18)11-28(23)12-17-10-19-20(13-29(17)26(34)35)37-22(21(19)24(31)32)27-25(33)36-14-15-6-2-1-3-7-15/h1-9,17H,10-14H2,(H,27,33)(H,31,32)(H,34,35). The molecule has 2 aliphatic rings. The lowest BCUT2D eigenvalue weighted by Gasteiger charge is -2.36. The van der Waals surface area contributed by atoms with Gasteiger partial charge in [0.1, 0.15) is 11.6 Å². The van der Waals surface area contributed by atoms with Crippen molar-refractivity contribution >= 4 is 40.4 Å². The van der Waals surface area contributed by atoms with Crippen molar-refractivity contribution in [1.82, 2.24) is 9.80 Å². The van der Waals surface area contributed by atoms with Gasteiger partial charge in [-0.05, 0) is 29.2 Å². The van der Waals surface area contributed by atoms with Crippen LogP contribution in [-0.4, -0.2) is 56.7 Å². The lowest BCUT2D eigenvalue weighted by Crippen LogP contribution is -2.49. The summed E-state index contributed by atoms with van der Waals surface area (Å²) in [6.07, 6.45) is -1.88. The minimum atomic E-state index is -1.23. The Morgan fingerprint density at radius 2 is 1.76 bits per heavy atom. The summed E-state index contributed by atoms with van der Waals surface area (Å²) in [7, 11) is 0. The van der Waals surface area contributed by atoms with E-state index < -0.39 is 24.2 Å². The van der Waals surface area contributed by atoms with Crippen LogP contribution in [0.4, 0.5) is 14.6 Å². The zero-order valence-corrected chi connectivity index (χ0v) is 20.4. The number of nitrogens with one attached hydrogen (secondary N) is 1. The lowest BCUT2D eigenvalue weighted by molar-refractivity contribution is 0.0652. The van der Waals surface area contributed by atoms with Crippen LogP contribution in [0, 0.1) is 0 Å². The normalized spacial score (nSPS) is 16.2. The monoisotopic (exact) mass is 521 g/mol. The van der Waals surface area contributed by atoms with Gasteiger partial charge in [-0.25, -0.2) is 14.4 Å². The van der Waals surface area contributed by atoms with Gasteiger partial charge in [-0.15, -0.1) is 11.3 Å². The molecule has 5 rings (SSSR count). The average Bonchev–Trinajstić information content (AvgIpc) is 3.39. The number of ether oxygens (including phenoxy) is 1. The number of fused-ring (bicyclic) bond motifs is 2. The van der Waals surface area contributed by atoms with Crippen LogP contribution in [0.5, 0.6) is 0 Å². The Kier molecular flexibility index (Phi) is 6.53. The maximum absolute atomic E-state index is 12.9. The van der Waals surface area contributed by atoms with E-state index in [4.69, 9.17) is 4.74 Å². The molecule has 2 aliphatic heterocycles. The first-order valence-electron chi connectivity index (χ1n) is 11.5. The van der Waals surface area contributed by atoms with Crippen LogP contribution in [0.25, 0.3) is 0 Å². The highest BCUT2D eigenvalue weighted by atomic mass is 32.1. The van der Waals surface area contributed by atoms with Gasteiger partial charge in [0.2, 0.25) is 0 Å². The van der Waals surface area contributed by atoms with Crippen molar-refractivity contribution in [2.75, 3.05) is 11.9 Å². The number of nitrogens with zero attached hydrogens (tertiary/aromatic N) is 2. The first kappa shape index (κ1) is 24.3. The van der Waals surface area contributed by atoms with E-state index >= 15 is 0 Å². The molecule has 0 saturated heterocycles. The smallest absolute Gasteiger partial charge is 0.412 e. The van der Waals surface area contributed by atoms with Gasteiger partial charge in [0.05, 0.1) is 18.2 Å². The van der Waals surface area contributed by atoms with Crippen LogP contribution in [-0.2, 0) is 30.9 Å². The Morgan fingerprint density at radius 3 is 2.46 bits per heavy atom. The molecule has 0 bridgehead atoms. The average molecular weight is 522 g/mol. The Bertz CT molecular complexity index is 1390. The van der Waals surface area contributed by atoms with Crippen molar-refractivity contribution in [1.29, 1.82) is 0 Å². The first-order valence-corrected chi connectivity index (χ1v) is 12.4. The lowest BCUT2D eigenvalue weighted by atomic mass is 9.96. The highest BCUT2D eigenvalue weighted by Gasteiger charge is 2.38. The summed E-state index contributed by atoms with van der Waals surface area (Å²) < 4.78 is 5.23.